The average Bonchev–Trinajstić information content (AvgIpc) is 3.33. The first kappa shape index (κ1) is 18.9. The average molecular weight is 412 g/mol. The van der Waals surface area contributed by atoms with Crippen molar-refractivity contribution in [2.75, 3.05) is 17.6 Å². The lowest BCUT2D eigenvalue weighted by Gasteiger charge is -2.11. The number of pyridine rings is 3. The van der Waals surface area contributed by atoms with Gasteiger partial charge in [0.25, 0.3) is 0 Å². The summed E-state index contributed by atoms with van der Waals surface area (Å²) in [5.74, 6) is 1.04. The van der Waals surface area contributed by atoms with Crippen molar-refractivity contribution in [3.63, 3.8) is 0 Å². The van der Waals surface area contributed by atoms with E-state index in [9.17, 15) is 4.79 Å². The summed E-state index contributed by atoms with van der Waals surface area (Å²) in [6, 6.07) is 5.64. The number of amides is 1. The summed E-state index contributed by atoms with van der Waals surface area (Å²) in [5, 5.41) is 11.3. The molecule has 1 saturated carbocycles. The second kappa shape index (κ2) is 7.60. The van der Waals surface area contributed by atoms with Crippen molar-refractivity contribution in [2.45, 2.75) is 6.42 Å². The maximum absolute atomic E-state index is 12.5. The molecule has 0 radical (unpaired) electrons. The maximum atomic E-state index is 12.5. The van der Waals surface area contributed by atoms with Crippen molar-refractivity contribution in [2.24, 2.45) is 16.8 Å². The van der Waals surface area contributed by atoms with Crippen LogP contribution in [0.2, 0.25) is 0 Å². The molecule has 1 amide bonds. The quantitative estimate of drug-likeness (QED) is 0.417. The van der Waals surface area contributed by atoms with Gasteiger partial charge in [-0.3, -0.25) is 14.9 Å². The van der Waals surface area contributed by atoms with Gasteiger partial charge in [0.1, 0.15) is 11.6 Å². The number of nitrogens with one attached hydrogen (secondary N) is 2. The zero-order valence-electron chi connectivity index (χ0n) is 16.6. The van der Waals surface area contributed by atoms with Gasteiger partial charge in [0.2, 0.25) is 5.91 Å². The summed E-state index contributed by atoms with van der Waals surface area (Å²) in [4.78, 5) is 29.5. The Kier molecular flexibility index (Phi) is 4.62. The Morgan fingerprint density at radius 1 is 1.29 bits per heavy atom. The smallest absolute Gasteiger partial charge is 0.228 e. The number of anilines is 2. The molecule has 0 spiro atoms. The molecule has 4 N–H and O–H groups in total. The van der Waals surface area contributed by atoms with Gasteiger partial charge in [-0.2, -0.15) is 5.10 Å². The van der Waals surface area contributed by atoms with E-state index in [-0.39, 0.29) is 17.7 Å². The first-order chi connectivity index (χ1) is 15.1. The van der Waals surface area contributed by atoms with Crippen LogP contribution < -0.4 is 11.1 Å². The molecule has 1 aliphatic rings. The van der Waals surface area contributed by atoms with Crippen LogP contribution in [-0.2, 0) is 4.79 Å². The molecule has 9 heteroatoms. The Labute approximate surface area is 177 Å². The predicted octanol–water partition coefficient (Wildman–Crippen LogP) is 2.94. The number of nitrogens with zero attached hydrogens (tertiary/aromatic N) is 5. The van der Waals surface area contributed by atoms with Crippen LogP contribution in [0.25, 0.3) is 33.2 Å². The highest BCUT2D eigenvalue weighted by Gasteiger charge is 2.42. The highest BCUT2D eigenvalue weighted by atomic mass is 16.2. The van der Waals surface area contributed by atoms with Gasteiger partial charge in [0.05, 0.1) is 11.9 Å². The molecule has 4 aromatic heterocycles. The number of fused-ring (bicyclic) bond motifs is 1. The summed E-state index contributed by atoms with van der Waals surface area (Å²) in [6.07, 6.45) is 9.49. The van der Waals surface area contributed by atoms with Crippen LogP contribution in [-0.4, -0.2) is 44.3 Å². The van der Waals surface area contributed by atoms with E-state index < -0.39 is 0 Å². The Morgan fingerprint density at radius 2 is 2.19 bits per heavy atom. The number of nitrogens with two attached hydrogens (primary N) is 1. The highest BCUT2D eigenvalue weighted by molar-refractivity contribution is 5.99. The highest BCUT2D eigenvalue weighted by Crippen LogP contribution is 2.39. The Balaban J connectivity index is 1.49. The lowest BCUT2D eigenvalue weighted by Crippen LogP contribution is -2.16. The van der Waals surface area contributed by atoms with Crippen molar-refractivity contribution in [1.82, 2.24) is 25.1 Å². The zero-order valence-corrected chi connectivity index (χ0v) is 16.6. The zero-order chi connectivity index (χ0) is 21.4. The van der Waals surface area contributed by atoms with Crippen LogP contribution in [0.4, 0.5) is 11.6 Å². The van der Waals surface area contributed by atoms with Gasteiger partial charge in [-0.05, 0) is 48.2 Å². The number of nitrogen functional groups attached to an aromatic ring is 1. The van der Waals surface area contributed by atoms with Crippen molar-refractivity contribution >= 4 is 35.0 Å². The molecule has 31 heavy (non-hydrogen) atoms. The van der Waals surface area contributed by atoms with E-state index >= 15 is 0 Å². The SMILES string of the molecule is C=NC[C@H]1C[C@@H]1C(=O)Nc1cc2cc(-c3cnccc3-c3cn[nH]c3)nc(N)c2cn1. The van der Waals surface area contributed by atoms with Crippen LogP contribution in [0, 0.1) is 11.8 Å². The molecule has 2 atom stereocenters. The third-order valence-electron chi connectivity index (χ3n) is 5.53. The summed E-state index contributed by atoms with van der Waals surface area (Å²) in [7, 11) is 0. The molecule has 4 aromatic rings. The van der Waals surface area contributed by atoms with Gasteiger partial charge >= 0.3 is 0 Å². The number of rotatable bonds is 6. The van der Waals surface area contributed by atoms with E-state index in [0.717, 1.165) is 33.9 Å². The van der Waals surface area contributed by atoms with E-state index in [1.54, 1.807) is 24.8 Å². The molecule has 1 aliphatic carbocycles. The molecule has 0 aromatic carbocycles. The van der Waals surface area contributed by atoms with Crippen LogP contribution in [0.3, 0.4) is 0 Å². The molecule has 0 unspecified atom stereocenters. The van der Waals surface area contributed by atoms with Crippen molar-refractivity contribution in [3.05, 3.63) is 49.2 Å². The lowest BCUT2D eigenvalue weighted by molar-refractivity contribution is -0.117. The van der Waals surface area contributed by atoms with Gasteiger partial charge in [0, 0.05) is 53.8 Å². The molecule has 4 heterocycles. The number of aromatic amines is 1. The van der Waals surface area contributed by atoms with E-state index in [0.29, 0.717) is 23.9 Å². The fraction of sp³-hybridized carbons (Fsp3) is 0.182. The number of carbonyl (C=O) groups excluding carboxylic acids is 1. The largest absolute Gasteiger partial charge is 0.383 e. The molecule has 0 aliphatic heterocycles. The Morgan fingerprint density at radius 3 is 3.00 bits per heavy atom. The minimum absolute atomic E-state index is 0.0334. The predicted molar refractivity (Wildman–Crippen MR) is 119 cm³/mol. The third-order valence-corrected chi connectivity index (χ3v) is 5.53. The number of hydrogen-bond donors (Lipinski definition) is 3. The first-order valence-electron chi connectivity index (χ1n) is 9.87. The lowest BCUT2D eigenvalue weighted by atomic mass is 10.0. The monoisotopic (exact) mass is 412 g/mol. The first-order valence-corrected chi connectivity index (χ1v) is 9.87. The number of carbonyl (C=O) groups is 1. The second-order valence-corrected chi connectivity index (χ2v) is 7.59. The van der Waals surface area contributed by atoms with E-state index in [4.69, 9.17) is 5.73 Å². The molecule has 154 valence electrons. The number of H-pyrrole nitrogens is 1. The Hall–Kier alpha value is -4.14. The third kappa shape index (κ3) is 3.61. The fourth-order valence-corrected chi connectivity index (χ4v) is 3.78. The van der Waals surface area contributed by atoms with Gasteiger partial charge in [0.15, 0.2) is 0 Å². The molecule has 0 saturated heterocycles. The van der Waals surface area contributed by atoms with E-state index in [1.165, 1.54) is 0 Å². The van der Waals surface area contributed by atoms with Gasteiger partial charge in [-0.25, -0.2) is 9.97 Å². The van der Waals surface area contributed by atoms with Crippen LogP contribution in [0.5, 0.6) is 0 Å². The van der Waals surface area contributed by atoms with Gasteiger partial charge in [-0.1, -0.05) is 0 Å². The topological polar surface area (TPSA) is 135 Å². The van der Waals surface area contributed by atoms with Gasteiger partial charge < -0.3 is 16.0 Å². The minimum atomic E-state index is -0.0442. The standard InChI is InChI=1S/C22H20N8O/c1-24-7-13-4-16(13)22(31)30-20-6-12-5-19(29-21(23)17(12)11-26-20)18-10-25-3-2-15(18)14-8-27-28-9-14/h2-3,5-6,8-11,13,16H,1,4,7H2,(H2,23,29)(H,27,28)(H,26,30,31)/t13-,16+/m1/s1. The molecule has 5 rings (SSSR count). The van der Waals surface area contributed by atoms with Crippen molar-refractivity contribution < 1.29 is 4.79 Å². The van der Waals surface area contributed by atoms with Gasteiger partial charge in [-0.15, -0.1) is 0 Å². The summed E-state index contributed by atoms with van der Waals surface area (Å²) < 4.78 is 0. The van der Waals surface area contributed by atoms with Crippen LogP contribution >= 0.6 is 0 Å². The van der Waals surface area contributed by atoms with E-state index in [2.05, 4.69) is 42.2 Å². The fourth-order valence-electron chi connectivity index (χ4n) is 3.78. The molecule has 1 fully saturated rings. The maximum Gasteiger partial charge on any atom is 0.228 e. The van der Waals surface area contributed by atoms with E-state index in [1.807, 2.05) is 24.4 Å². The normalized spacial score (nSPS) is 17.4. The van der Waals surface area contributed by atoms with Crippen molar-refractivity contribution in [3.8, 4) is 22.4 Å². The summed E-state index contributed by atoms with van der Waals surface area (Å²) in [5.41, 5.74) is 9.60. The summed E-state index contributed by atoms with van der Waals surface area (Å²) >= 11 is 0. The number of hydrogen-bond acceptors (Lipinski definition) is 7. The number of aromatic nitrogens is 5. The van der Waals surface area contributed by atoms with Crippen LogP contribution in [0.15, 0.2) is 54.2 Å². The molecular formula is C22H20N8O. The molecule has 0 bridgehead atoms. The van der Waals surface area contributed by atoms with Crippen LogP contribution in [0.1, 0.15) is 6.42 Å². The molecular weight excluding hydrogens is 392 g/mol. The number of aliphatic imine (C=N–C) groups is 1. The Bertz CT molecular complexity index is 1280. The minimum Gasteiger partial charge on any atom is -0.383 e. The molecule has 9 nitrogen and oxygen atoms in total. The van der Waals surface area contributed by atoms with Crippen molar-refractivity contribution in [1.29, 1.82) is 0 Å². The second-order valence-electron chi connectivity index (χ2n) is 7.59. The summed E-state index contributed by atoms with van der Waals surface area (Å²) in [6.45, 7) is 4.11.